The summed E-state index contributed by atoms with van der Waals surface area (Å²) in [5.74, 6) is 1.00. The number of urea groups is 1. The molecule has 0 unspecified atom stereocenters. The fourth-order valence-corrected chi connectivity index (χ4v) is 5.07. The van der Waals surface area contributed by atoms with Crippen LogP contribution in [0.2, 0.25) is 0 Å². The number of amides is 3. The van der Waals surface area contributed by atoms with Gasteiger partial charge in [0.2, 0.25) is 0 Å². The number of aromatic nitrogens is 3. The van der Waals surface area contributed by atoms with Gasteiger partial charge < -0.3 is 20.4 Å². The minimum atomic E-state index is -0.152. The number of anilines is 3. The summed E-state index contributed by atoms with van der Waals surface area (Å²) < 4.78 is 1.61. The monoisotopic (exact) mass is 490 g/mol. The topological polar surface area (TPSA) is 107 Å². The van der Waals surface area contributed by atoms with Crippen molar-refractivity contribution in [3.05, 3.63) is 42.9 Å². The Kier molecular flexibility index (Phi) is 7.31. The second-order valence-electron chi connectivity index (χ2n) is 9.50. The summed E-state index contributed by atoms with van der Waals surface area (Å²) in [5.41, 5.74) is 1.58. The minimum absolute atomic E-state index is 0.128. The minimum Gasteiger partial charge on any atom is -0.340 e. The molecule has 2 aliphatic heterocycles. The van der Waals surface area contributed by atoms with Crippen LogP contribution in [-0.2, 0) is 0 Å². The van der Waals surface area contributed by atoms with E-state index in [2.05, 4.69) is 30.8 Å². The standard InChI is InChI=1S/C26H34N8O2/c1-2-10-27-25(35)34-15-7-19-5-6-20(16-22(19)34)30-23-17-24(29-18-28-23)31-26(36)33-13-8-21(9-14-33)32-11-3-4-12-32/h5-7,15-18,21H,2-4,8-14H2,1H3,(H,27,35)(H2,28,29,30,31,36). The van der Waals surface area contributed by atoms with E-state index in [1.165, 1.54) is 32.3 Å². The molecule has 2 aliphatic rings. The number of rotatable bonds is 6. The van der Waals surface area contributed by atoms with Gasteiger partial charge in [-0.2, -0.15) is 0 Å². The number of piperidine rings is 1. The van der Waals surface area contributed by atoms with Gasteiger partial charge in [0.15, 0.2) is 0 Å². The summed E-state index contributed by atoms with van der Waals surface area (Å²) in [4.78, 5) is 38.3. The predicted molar refractivity (Wildman–Crippen MR) is 141 cm³/mol. The lowest BCUT2D eigenvalue weighted by Crippen LogP contribution is -2.47. The van der Waals surface area contributed by atoms with Crippen LogP contribution in [0, 0.1) is 0 Å². The molecule has 2 saturated heterocycles. The highest BCUT2D eigenvalue weighted by Gasteiger charge is 2.28. The lowest BCUT2D eigenvalue weighted by molar-refractivity contribution is 0.140. The van der Waals surface area contributed by atoms with E-state index >= 15 is 0 Å². The summed E-state index contributed by atoms with van der Waals surface area (Å²) in [5, 5.41) is 10.0. The van der Waals surface area contributed by atoms with Crippen molar-refractivity contribution in [2.45, 2.75) is 45.1 Å². The first-order valence-corrected chi connectivity index (χ1v) is 12.9. The molecule has 0 spiro atoms. The molecule has 3 aromatic rings. The van der Waals surface area contributed by atoms with Crippen molar-refractivity contribution in [2.24, 2.45) is 0 Å². The second kappa shape index (κ2) is 10.9. The van der Waals surface area contributed by atoms with E-state index in [9.17, 15) is 9.59 Å². The Hall–Kier alpha value is -3.66. The lowest BCUT2D eigenvalue weighted by atomic mass is 10.0. The van der Waals surface area contributed by atoms with Crippen LogP contribution in [0.5, 0.6) is 0 Å². The number of hydrogen-bond donors (Lipinski definition) is 3. The van der Waals surface area contributed by atoms with Crippen molar-refractivity contribution < 1.29 is 9.59 Å². The normalized spacial score (nSPS) is 16.9. The summed E-state index contributed by atoms with van der Waals surface area (Å²) in [6, 6.07) is 9.74. The van der Waals surface area contributed by atoms with Crippen LogP contribution >= 0.6 is 0 Å². The maximum absolute atomic E-state index is 12.8. The highest BCUT2D eigenvalue weighted by atomic mass is 16.2. The van der Waals surface area contributed by atoms with Gasteiger partial charge in [0, 0.05) is 49.0 Å². The maximum Gasteiger partial charge on any atom is 0.326 e. The van der Waals surface area contributed by atoms with Crippen LogP contribution in [0.25, 0.3) is 10.9 Å². The molecule has 2 fully saturated rings. The van der Waals surface area contributed by atoms with Crippen LogP contribution in [-0.4, -0.2) is 75.2 Å². The molecule has 4 heterocycles. The van der Waals surface area contributed by atoms with Crippen LogP contribution in [0.1, 0.15) is 39.0 Å². The first-order chi connectivity index (χ1) is 17.6. The first-order valence-electron chi connectivity index (χ1n) is 12.9. The molecule has 0 atom stereocenters. The molecule has 5 rings (SSSR count). The molecule has 36 heavy (non-hydrogen) atoms. The third kappa shape index (κ3) is 5.43. The van der Waals surface area contributed by atoms with Crippen LogP contribution in [0.4, 0.5) is 26.9 Å². The molecule has 10 nitrogen and oxygen atoms in total. The maximum atomic E-state index is 12.8. The van der Waals surface area contributed by atoms with E-state index in [0.29, 0.717) is 24.2 Å². The van der Waals surface area contributed by atoms with Crippen LogP contribution in [0.15, 0.2) is 42.9 Å². The molecule has 190 valence electrons. The van der Waals surface area contributed by atoms with Gasteiger partial charge in [-0.15, -0.1) is 0 Å². The Morgan fingerprint density at radius 3 is 2.53 bits per heavy atom. The van der Waals surface area contributed by atoms with E-state index in [-0.39, 0.29) is 12.1 Å². The fourth-order valence-electron chi connectivity index (χ4n) is 5.07. The molecule has 3 amide bonds. The average Bonchev–Trinajstić information content (AvgIpc) is 3.58. The molecule has 10 heteroatoms. The zero-order valence-electron chi connectivity index (χ0n) is 20.7. The number of hydrogen-bond acceptors (Lipinski definition) is 6. The molecule has 0 saturated carbocycles. The Bertz CT molecular complexity index is 1210. The number of carbonyl (C=O) groups excluding carboxylic acids is 2. The third-order valence-corrected chi connectivity index (χ3v) is 7.02. The number of nitrogens with one attached hydrogen (secondary N) is 3. The Balaban J connectivity index is 1.21. The molecular weight excluding hydrogens is 456 g/mol. The van der Waals surface area contributed by atoms with E-state index < -0.39 is 0 Å². The third-order valence-electron chi connectivity index (χ3n) is 7.02. The quantitative estimate of drug-likeness (QED) is 0.477. The SMILES string of the molecule is CCCNC(=O)n1ccc2ccc(Nc3cc(NC(=O)N4CCC(N5CCCC5)CC4)ncn3)cc21. The van der Waals surface area contributed by atoms with Gasteiger partial charge in [-0.3, -0.25) is 9.88 Å². The molecule has 0 aliphatic carbocycles. The molecular formula is C26H34N8O2. The van der Waals surface area contributed by atoms with Gasteiger partial charge in [0.1, 0.15) is 18.0 Å². The van der Waals surface area contributed by atoms with Crippen LogP contribution < -0.4 is 16.0 Å². The van der Waals surface area contributed by atoms with Gasteiger partial charge in [0.05, 0.1) is 5.52 Å². The van der Waals surface area contributed by atoms with Crippen molar-refractivity contribution in [1.29, 1.82) is 0 Å². The Morgan fingerprint density at radius 1 is 0.972 bits per heavy atom. The van der Waals surface area contributed by atoms with Crippen molar-refractivity contribution in [2.75, 3.05) is 43.4 Å². The smallest absolute Gasteiger partial charge is 0.326 e. The highest BCUT2D eigenvalue weighted by Crippen LogP contribution is 2.24. The van der Waals surface area contributed by atoms with Gasteiger partial charge in [-0.1, -0.05) is 13.0 Å². The van der Waals surface area contributed by atoms with Crippen molar-refractivity contribution in [1.82, 2.24) is 29.7 Å². The Morgan fingerprint density at radius 2 is 1.75 bits per heavy atom. The number of carbonyl (C=O) groups is 2. The molecule has 0 radical (unpaired) electrons. The molecule has 1 aromatic carbocycles. The van der Waals surface area contributed by atoms with E-state index in [0.717, 1.165) is 48.9 Å². The largest absolute Gasteiger partial charge is 0.340 e. The zero-order chi connectivity index (χ0) is 24.9. The number of fused-ring (bicyclic) bond motifs is 1. The average molecular weight is 491 g/mol. The number of nitrogens with zero attached hydrogens (tertiary/aromatic N) is 5. The van der Waals surface area contributed by atoms with Gasteiger partial charge in [-0.25, -0.2) is 19.6 Å². The summed E-state index contributed by atoms with van der Waals surface area (Å²) >= 11 is 0. The van der Waals surface area contributed by atoms with Gasteiger partial charge in [0.25, 0.3) is 0 Å². The molecule has 0 bridgehead atoms. The van der Waals surface area contributed by atoms with Gasteiger partial charge in [-0.05, 0) is 63.4 Å². The highest BCUT2D eigenvalue weighted by molar-refractivity contribution is 5.93. The Labute approximate surface area is 211 Å². The fraction of sp³-hybridized carbons (Fsp3) is 0.462. The zero-order valence-corrected chi connectivity index (χ0v) is 20.7. The lowest BCUT2D eigenvalue weighted by Gasteiger charge is -2.36. The number of benzene rings is 1. The second-order valence-corrected chi connectivity index (χ2v) is 9.50. The van der Waals surface area contributed by atoms with E-state index in [1.807, 2.05) is 36.1 Å². The summed E-state index contributed by atoms with van der Waals surface area (Å²) in [6.07, 6.45) is 8.69. The van der Waals surface area contributed by atoms with E-state index in [1.54, 1.807) is 16.8 Å². The van der Waals surface area contributed by atoms with Crippen LogP contribution in [0.3, 0.4) is 0 Å². The van der Waals surface area contributed by atoms with E-state index in [4.69, 9.17) is 0 Å². The first kappa shape index (κ1) is 24.1. The molecule has 2 aromatic heterocycles. The van der Waals surface area contributed by atoms with Crippen molar-refractivity contribution >= 4 is 40.3 Å². The molecule has 3 N–H and O–H groups in total. The van der Waals surface area contributed by atoms with Gasteiger partial charge >= 0.3 is 12.1 Å². The predicted octanol–water partition coefficient (Wildman–Crippen LogP) is 4.23. The summed E-state index contributed by atoms with van der Waals surface area (Å²) in [6.45, 7) is 6.55. The van der Waals surface area contributed by atoms with Crippen molar-refractivity contribution in [3.8, 4) is 0 Å². The summed E-state index contributed by atoms with van der Waals surface area (Å²) in [7, 11) is 0. The number of likely N-dealkylation sites (tertiary alicyclic amines) is 2. The van der Waals surface area contributed by atoms with Crippen molar-refractivity contribution in [3.63, 3.8) is 0 Å².